The van der Waals surface area contributed by atoms with Crippen molar-refractivity contribution in [2.45, 2.75) is 6.42 Å². The third-order valence-corrected chi connectivity index (χ3v) is 2.31. The molecule has 0 saturated carbocycles. The molecule has 1 aliphatic rings. The maximum absolute atomic E-state index is 12.7. The van der Waals surface area contributed by atoms with Crippen LogP contribution >= 0.6 is 0 Å². The maximum atomic E-state index is 12.7. The summed E-state index contributed by atoms with van der Waals surface area (Å²) in [5, 5.41) is 3.56. The number of urea groups is 1. The number of carbonyl (C=O) groups is 2. The Labute approximate surface area is 103 Å². The molecular formula is C11H12FN3O3. The molecule has 1 aromatic carbocycles. The van der Waals surface area contributed by atoms with E-state index in [0.29, 0.717) is 25.3 Å². The minimum absolute atomic E-state index is 0.358. The highest BCUT2D eigenvalue weighted by atomic mass is 19.1. The van der Waals surface area contributed by atoms with Gasteiger partial charge in [0.25, 0.3) is 0 Å². The van der Waals surface area contributed by atoms with Crippen LogP contribution in [0.3, 0.4) is 0 Å². The first-order chi connectivity index (χ1) is 8.65. The maximum Gasteiger partial charge on any atom is 0.428 e. The standard InChI is InChI=1S/C11H12FN3O3/c12-8-2-4-9(5-3-8)13-10(16)14-15-6-1-7-18-11(15)17/h2-5H,1,6-7H2,(H2,13,14,16). The van der Waals surface area contributed by atoms with E-state index in [0.717, 1.165) is 5.01 Å². The molecule has 3 amide bonds. The van der Waals surface area contributed by atoms with Crippen molar-refractivity contribution < 1.29 is 18.7 Å². The Bertz CT molecular complexity index is 449. The number of ether oxygens (including phenoxy) is 1. The van der Waals surface area contributed by atoms with E-state index in [4.69, 9.17) is 4.74 Å². The predicted octanol–water partition coefficient (Wildman–Crippen LogP) is 1.70. The summed E-state index contributed by atoms with van der Waals surface area (Å²) in [5.41, 5.74) is 2.78. The Morgan fingerprint density at radius 3 is 2.72 bits per heavy atom. The van der Waals surface area contributed by atoms with Crippen molar-refractivity contribution in [1.82, 2.24) is 10.4 Å². The Hall–Kier alpha value is -2.31. The summed E-state index contributed by atoms with van der Waals surface area (Å²) in [6, 6.07) is 4.71. The summed E-state index contributed by atoms with van der Waals surface area (Å²) in [4.78, 5) is 22.8. The van der Waals surface area contributed by atoms with Gasteiger partial charge in [0, 0.05) is 18.7 Å². The first-order valence-corrected chi connectivity index (χ1v) is 5.42. The zero-order chi connectivity index (χ0) is 13.0. The molecule has 96 valence electrons. The molecule has 7 heteroatoms. The highest BCUT2D eigenvalue weighted by Gasteiger charge is 2.21. The van der Waals surface area contributed by atoms with Crippen LogP contribution in [0.1, 0.15) is 6.42 Å². The molecule has 0 atom stereocenters. The van der Waals surface area contributed by atoms with E-state index in [9.17, 15) is 14.0 Å². The fourth-order valence-corrected chi connectivity index (χ4v) is 1.47. The fourth-order valence-electron chi connectivity index (χ4n) is 1.47. The van der Waals surface area contributed by atoms with Crippen LogP contribution in [0, 0.1) is 5.82 Å². The second-order valence-electron chi connectivity index (χ2n) is 3.69. The molecule has 18 heavy (non-hydrogen) atoms. The molecule has 1 aliphatic heterocycles. The average Bonchev–Trinajstić information content (AvgIpc) is 2.35. The van der Waals surface area contributed by atoms with Crippen molar-refractivity contribution in [3.63, 3.8) is 0 Å². The number of cyclic esters (lactones) is 1. The van der Waals surface area contributed by atoms with Crippen LogP contribution in [-0.2, 0) is 4.74 Å². The molecular weight excluding hydrogens is 241 g/mol. The lowest BCUT2D eigenvalue weighted by atomic mass is 10.3. The highest BCUT2D eigenvalue weighted by molar-refractivity contribution is 5.90. The topological polar surface area (TPSA) is 70.7 Å². The lowest BCUT2D eigenvalue weighted by Gasteiger charge is -2.26. The van der Waals surface area contributed by atoms with Gasteiger partial charge in [-0.3, -0.25) is 0 Å². The lowest BCUT2D eigenvalue weighted by Crippen LogP contribution is -2.50. The Morgan fingerprint density at radius 2 is 2.06 bits per heavy atom. The van der Waals surface area contributed by atoms with Crippen molar-refractivity contribution in [2.75, 3.05) is 18.5 Å². The average molecular weight is 253 g/mol. The molecule has 0 radical (unpaired) electrons. The molecule has 1 saturated heterocycles. The largest absolute Gasteiger partial charge is 0.448 e. The van der Waals surface area contributed by atoms with Gasteiger partial charge in [-0.05, 0) is 24.3 Å². The third kappa shape index (κ3) is 3.09. The number of carbonyl (C=O) groups excluding carboxylic acids is 2. The number of benzene rings is 1. The molecule has 1 heterocycles. The number of hydrogen-bond donors (Lipinski definition) is 2. The summed E-state index contributed by atoms with van der Waals surface area (Å²) < 4.78 is 17.4. The normalized spacial score (nSPS) is 14.9. The zero-order valence-corrected chi connectivity index (χ0v) is 9.48. The van der Waals surface area contributed by atoms with Crippen LogP contribution in [0.4, 0.5) is 19.7 Å². The molecule has 0 spiro atoms. The number of nitrogens with one attached hydrogen (secondary N) is 2. The minimum Gasteiger partial charge on any atom is -0.448 e. The summed E-state index contributed by atoms with van der Waals surface area (Å²) >= 11 is 0. The van der Waals surface area contributed by atoms with Crippen LogP contribution in [-0.4, -0.2) is 30.3 Å². The molecule has 1 fully saturated rings. The number of hydrazine groups is 1. The summed E-state index contributed by atoms with van der Waals surface area (Å²) in [6.07, 6.45) is 0.0678. The second-order valence-corrected chi connectivity index (χ2v) is 3.69. The fraction of sp³-hybridized carbons (Fsp3) is 0.273. The van der Waals surface area contributed by atoms with Gasteiger partial charge in [-0.25, -0.2) is 24.4 Å². The molecule has 2 rings (SSSR count). The van der Waals surface area contributed by atoms with Crippen LogP contribution in [0.25, 0.3) is 0 Å². The molecule has 0 aromatic heterocycles. The molecule has 0 aliphatic carbocycles. The number of rotatable bonds is 2. The van der Waals surface area contributed by atoms with Crippen molar-refractivity contribution >= 4 is 17.8 Å². The molecule has 1 aromatic rings. The number of nitrogens with zero attached hydrogens (tertiary/aromatic N) is 1. The lowest BCUT2D eigenvalue weighted by molar-refractivity contribution is 0.0579. The van der Waals surface area contributed by atoms with Gasteiger partial charge in [-0.15, -0.1) is 0 Å². The van der Waals surface area contributed by atoms with Gasteiger partial charge in [0.1, 0.15) is 5.82 Å². The monoisotopic (exact) mass is 253 g/mol. The van der Waals surface area contributed by atoms with Crippen LogP contribution in [0.2, 0.25) is 0 Å². The Morgan fingerprint density at radius 1 is 1.33 bits per heavy atom. The van der Waals surface area contributed by atoms with E-state index in [1.807, 2.05) is 0 Å². The number of hydrogen-bond acceptors (Lipinski definition) is 3. The molecule has 6 nitrogen and oxygen atoms in total. The van der Waals surface area contributed by atoms with Crippen molar-refractivity contribution in [2.24, 2.45) is 0 Å². The smallest absolute Gasteiger partial charge is 0.428 e. The minimum atomic E-state index is -0.587. The van der Waals surface area contributed by atoms with E-state index in [-0.39, 0.29) is 5.82 Å². The van der Waals surface area contributed by atoms with E-state index in [2.05, 4.69) is 10.7 Å². The summed E-state index contributed by atoms with van der Waals surface area (Å²) in [6.45, 7) is 0.756. The quantitative estimate of drug-likeness (QED) is 0.842. The van der Waals surface area contributed by atoms with Gasteiger partial charge in [0.05, 0.1) is 6.61 Å². The Balaban J connectivity index is 1.88. The van der Waals surface area contributed by atoms with Gasteiger partial charge < -0.3 is 10.1 Å². The van der Waals surface area contributed by atoms with Gasteiger partial charge in [-0.1, -0.05) is 0 Å². The van der Waals surface area contributed by atoms with E-state index < -0.39 is 12.1 Å². The van der Waals surface area contributed by atoms with Gasteiger partial charge in [0.15, 0.2) is 0 Å². The zero-order valence-electron chi connectivity index (χ0n) is 9.48. The van der Waals surface area contributed by atoms with E-state index >= 15 is 0 Å². The van der Waals surface area contributed by atoms with Gasteiger partial charge in [-0.2, -0.15) is 0 Å². The van der Waals surface area contributed by atoms with E-state index in [1.54, 1.807) is 0 Å². The summed E-state index contributed by atoms with van der Waals surface area (Å²) in [5.74, 6) is -0.388. The third-order valence-electron chi connectivity index (χ3n) is 2.31. The van der Waals surface area contributed by atoms with Gasteiger partial charge >= 0.3 is 12.1 Å². The number of anilines is 1. The van der Waals surface area contributed by atoms with Crippen LogP contribution in [0.15, 0.2) is 24.3 Å². The molecule has 0 unspecified atom stereocenters. The Kier molecular flexibility index (Phi) is 3.61. The van der Waals surface area contributed by atoms with Crippen molar-refractivity contribution in [3.8, 4) is 0 Å². The first kappa shape index (κ1) is 12.2. The van der Waals surface area contributed by atoms with Crippen LogP contribution in [0.5, 0.6) is 0 Å². The summed E-state index contributed by atoms with van der Waals surface area (Å²) in [7, 11) is 0. The molecule has 0 bridgehead atoms. The number of amides is 3. The first-order valence-electron chi connectivity index (χ1n) is 5.42. The molecule has 2 N–H and O–H groups in total. The van der Waals surface area contributed by atoms with Crippen LogP contribution < -0.4 is 10.7 Å². The SMILES string of the molecule is O=C(Nc1ccc(F)cc1)NN1CCCOC1=O. The highest BCUT2D eigenvalue weighted by Crippen LogP contribution is 2.08. The van der Waals surface area contributed by atoms with E-state index in [1.165, 1.54) is 24.3 Å². The van der Waals surface area contributed by atoms with Gasteiger partial charge in [0.2, 0.25) is 0 Å². The van der Waals surface area contributed by atoms with Crippen molar-refractivity contribution in [3.05, 3.63) is 30.1 Å². The number of halogens is 1. The second kappa shape index (κ2) is 5.35. The predicted molar refractivity (Wildman–Crippen MR) is 61.2 cm³/mol. The van der Waals surface area contributed by atoms with Crippen molar-refractivity contribution in [1.29, 1.82) is 0 Å².